The summed E-state index contributed by atoms with van der Waals surface area (Å²) in [6.07, 6.45) is 3.60. The fourth-order valence-electron chi connectivity index (χ4n) is 3.06. The Morgan fingerprint density at radius 3 is 2.75 bits per heavy atom. The minimum absolute atomic E-state index is 0.110. The van der Waals surface area contributed by atoms with Crippen molar-refractivity contribution in [2.24, 2.45) is 0 Å². The molecule has 0 amide bonds. The van der Waals surface area contributed by atoms with Crippen LogP contribution in [0.25, 0.3) is 0 Å². The highest BCUT2D eigenvalue weighted by Crippen LogP contribution is 2.24. The zero-order valence-electron chi connectivity index (χ0n) is 13.5. The molecule has 130 valence electrons. The van der Waals surface area contributed by atoms with Crippen LogP contribution in [0.5, 0.6) is 0 Å². The van der Waals surface area contributed by atoms with Gasteiger partial charge >= 0.3 is 0 Å². The molecule has 1 aliphatic rings. The fraction of sp³-hybridized carbons (Fsp3) is 0.438. The molecule has 1 atom stereocenters. The van der Waals surface area contributed by atoms with Gasteiger partial charge in [-0.1, -0.05) is 12.1 Å². The van der Waals surface area contributed by atoms with Gasteiger partial charge < -0.3 is 0 Å². The normalized spacial score (nSPS) is 18.5. The Bertz CT molecular complexity index is 789. The number of nitrogens with zero attached hydrogens (tertiary/aromatic N) is 3. The van der Waals surface area contributed by atoms with Gasteiger partial charge in [0.1, 0.15) is 5.82 Å². The predicted octanol–water partition coefficient (Wildman–Crippen LogP) is 1.52. The van der Waals surface area contributed by atoms with Gasteiger partial charge in [0.05, 0.1) is 18.0 Å². The minimum atomic E-state index is -3.18. The maximum Gasteiger partial charge on any atom is 0.208 e. The number of halogens is 1. The van der Waals surface area contributed by atoms with Gasteiger partial charge in [0.25, 0.3) is 0 Å². The van der Waals surface area contributed by atoms with Crippen molar-refractivity contribution in [1.82, 2.24) is 19.4 Å². The number of hydrogen-bond donors (Lipinski definition) is 1. The number of sulfonamides is 1. The lowest BCUT2D eigenvalue weighted by atomic mass is 10.1. The second kappa shape index (κ2) is 7.00. The molecule has 2 aromatic rings. The first kappa shape index (κ1) is 17.1. The zero-order chi connectivity index (χ0) is 17.2. The first-order chi connectivity index (χ1) is 11.4. The van der Waals surface area contributed by atoms with E-state index in [0.717, 1.165) is 37.1 Å². The van der Waals surface area contributed by atoms with Crippen molar-refractivity contribution >= 4 is 10.0 Å². The van der Waals surface area contributed by atoms with Crippen molar-refractivity contribution in [3.63, 3.8) is 0 Å². The number of rotatable bonds is 6. The lowest BCUT2D eigenvalue weighted by Crippen LogP contribution is -2.38. The number of fused-ring (bicyclic) bond motifs is 1. The molecule has 0 unspecified atom stereocenters. The van der Waals surface area contributed by atoms with Gasteiger partial charge in [0.15, 0.2) is 0 Å². The van der Waals surface area contributed by atoms with Gasteiger partial charge in [-0.15, -0.1) is 0 Å². The predicted molar refractivity (Wildman–Crippen MR) is 89.2 cm³/mol. The van der Waals surface area contributed by atoms with Crippen LogP contribution in [0.15, 0.2) is 36.5 Å². The van der Waals surface area contributed by atoms with Crippen molar-refractivity contribution in [2.45, 2.75) is 25.6 Å². The third-order valence-corrected chi connectivity index (χ3v) is 4.84. The highest BCUT2D eigenvalue weighted by atomic mass is 32.2. The molecule has 24 heavy (non-hydrogen) atoms. The van der Waals surface area contributed by atoms with Gasteiger partial charge in [-0.05, 0) is 30.2 Å². The summed E-state index contributed by atoms with van der Waals surface area (Å²) in [6, 6.07) is 8.61. The van der Waals surface area contributed by atoms with E-state index in [1.807, 2.05) is 10.7 Å². The van der Waals surface area contributed by atoms with Crippen LogP contribution in [0.2, 0.25) is 0 Å². The van der Waals surface area contributed by atoms with Crippen LogP contribution in [-0.2, 0) is 23.1 Å². The summed E-state index contributed by atoms with van der Waals surface area (Å²) >= 11 is 0. The van der Waals surface area contributed by atoms with E-state index in [0.29, 0.717) is 13.0 Å². The Morgan fingerprint density at radius 1 is 1.29 bits per heavy atom. The number of hydrogen-bond acceptors (Lipinski definition) is 4. The summed E-state index contributed by atoms with van der Waals surface area (Å²) in [7, 11) is -3.18. The van der Waals surface area contributed by atoms with E-state index in [4.69, 9.17) is 0 Å². The molecule has 0 saturated carbocycles. The van der Waals surface area contributed by atoms with E-state index in [9.17, 15) is 12.8 Å². The van der Waals surface area contributed by atoms with Gasteiger partial charge in [-0.3, -0.25) is 9.58 Å². The highest BCUT2D eigenvalue weighted by Gasteiger charge is 2.25. The highest BCUT2D eigenvalue weighted by molar-refractivity contribution is 7.88. The quantitative estimate of drug-likeness (QED) is 0.856. The molecule has 0 saturated heterocycles. The maximum atomic E-state index is 13.0. The van der Waals surface area contributed by atoms with Crippen LogP contribution >= 0.6 is 0 Å². The molecule has 0 aliphatic carbocycles. The van der Waals surface area contributed by atoms with Crippen molar-refractivity contribution in [3.8, 4) is 0 Å². The lowest BCUT2D eigenvalue weighted by molar-refractivity contribution is 0.162. The molecule has 8 heteroatoms. The van der Waals surface area contributed by atoms with Gasteiger partial charge in [-0.25, -0.2) is 17.5 Å². The Balaban J connectivity index is 1.67. The van der Waals surface area contributed by atoms with Crippen LogP contribution in [0.3, 0.4) is 0 Å². The standard InChI is InChI=1S/C16H21FN4O2S/c1-24(22,23)19-9-7-16-12-20(11-15-6-8-18-21(15)16)10-13-2-4-14(17)5-3-13/h2-6,8,16,19H,7,9-12H2,1H3/t16-/m0/s1. The third kappa shape index (κ3) is 4.40. The van der Waals surface area contributed by atoms with Crippen LogP contribution in [0, 0.1) is 5.82 Å². The Labute approximate surface area is 141 Å². The first-order valence-corrected chi connectivity index (χ1v) is 9.74. The minimum Gasteiger partial charge on any atom is -0.291 e. The largest absolute Gasteiger partial charge is 0.291 e. The number of benzene rings is 1. The van der Waals surface area contributed by atoms with E-state index in [-0.39, 0.29) is 11.9 Å². The van der Waals surface area contributed by atoms with Crippen LogP contribution < -0.4 is 4.72 Å². The van der Waals surface area contributed by atoms with Crippen molar-refractivity contribution in [3.05, 3.63) is 53.6 Å². The molecule has 1 aliphatic heterocycles. The third-order valence-electron chi connectivity index (χ3n) is 4.11. The second-order valence-electron chi connectivity index (χ2n) is 6.17. The summed E-state index contributed by atoms with van der Waals surface area (Å²) in [5, 5.41) is 4.37. The molecule has 1 N–H and O–H groups in total. The Kier molecular flexibility index (Phi) is 4.98. The van der Waals surface area contributed by atoms with E-state index < -0.39 is 10.0 Å². The second-order valence-corrected chi connectivity index (χ2v) is 8.01. The summed E-state index contributed by atoms with van der Waals surface area (Å²) < 4.78 is 40.0. The fourth-order valence-corrected chi connectivity index (χ4v) is 3.55. The molecule has 3 rings (SSSR count). The van der Waals surface area contributed by atoms with E-state index in [1.165, 1.54) is 12.1 Å². The summed E-state index contributed by atoms with van der Waals surface area (Å²) in [5.41, 5.74) is 2.16. The van der Waals surface area contributed by atoms with Gasteiger partial charge in [-0.2, -0.15) is 5.10 Å². The van der Waals surface area contributed by atoms with Crippen LogP contribution in [0.4, 0.5) is 4.39 Å². The molecule has 2 heterocycles. The SMILES string of the molecule is CS(=O)(=O)NCC[C@H]1CN(Cc2ccc(F)cc2)Cc2ccnn21. The van der Waals surface area contributed by atoms with Crippen LogP contribution in [-0.4, -0.2) is 42.4 Å². The summed E-state index contributed by atoms with van der Waals surface area (Å²) in [4.78, 5) is 2.27. The summed E-state index contributed by atoms with van der Waals surface area (Å²) in [5.74, 6) is -0.236. The molecule has 0 bridgehead atoms. The monoisotopic (exact) mass is 352 g/mol. The molecule has 0 spiro atoms. The topological polar surface area (TPSA) is 67.2 Å². The lowest BCUT2D eigenvalue weighted by Gasteiger charge is -2.34. The number of aromatic nitrogens is 2. The van der Waals surface area contributed by atoms with E-state index >= 15 is 0 Å². The average Bonchev–Trinajstić information content (AvgIpc) is 2.97. The molecule has 1 aromatic heterocycles. The Morgan fingerprint density at radius 2 is 2.04 bits per heavy atom. The molecule has 0 radical (unpaired) electrons. The zero-order valence-corrected chi connectivity index (χ0v) is 14.3. The Hall–Kier alpha value is -1.77. The van der Waals surface area contributed by atoms with Crippen molar-refractivity contribution < 1.29 is 12.8 Å². The first-order valence-electron chi connectivity index (χ1n) is 7.84. The molecule has 6 nitrogen and oxygen atoms in total. The van der Waals surface area contributed by atoms with E-state index in [1.54, 1.807) is 18.3 Å². The molecule has 0 fully saturated rings. The van der Waals surface area contributed by atoms with E-state index in [2.05, 4.69) is 14.7 Å². The summed E-state index contributed by atoms with van der Waals surface area (Å²) in [6.45, 7) is 2.65. The molecular formula is C16H21FN4O2S. The maximum absolute atomic E-state index is 13.0. The van der Waals surface area contributed by atoms with Crippen LogP contribution in [0.1, 0.15) is 23.7 Å². The molecule has 1 aromatic carbocycles. The number of nitrogens with one attached hydrogen (secondary N) is 1. The smallest absolute Gasteiger partial charge is 0.208 e. The van der Waals surface area contributed by atoms with Crippen molar-refractivity contribution in [1.29, 1.82) is 0 Å². The average molecular weight is 352 g/mol. The van der Waals surface area contributed by atoms with Crippen molar-refractivity contribution in [2.75, 3.05) is 19.3 Å². The van der Waals surface area contributed by atoms with Gasteiger partial charge in [0.2, 0.25) is 10.0 Å². The van der Waals surface area contributed by atoms with Gasteiger partial charge in [0, 0.05) is 32.4 Å². The molecular weight excluding hydrogens is 331 g/mol.